The summed E-state index contributed by atoms with van der Waals surface area (Å²) in [5.41, 5.74) is 1.02. The molecule has 0 bridgehead atoms. The molecule has 1 aliphatic heterocycles. The summed E-state index contributed by atoms with van der Waals surface area (Å²) in [5, 5.41) is 3.58. The van der Waals surface area contributed by atoms with E-state index >= 15 is 0 Å². The Morgan fingerprint density at radius 1 is 1.24 bits per heavy atom. The van der Waals surface area contributed by atoms with Crippen LogP contribution in [0.2, 0.25) is 0 Å². The van der Waals surface area contributed by atoms with Crippen LogP contribution >= 0.6 is 15.9 Å². The predicted molar refractivity (Wildman–Crippen MR) is 87.9 cm³/mol. The van der Waals surface area contributed by atoms with E-state index in [1.165, 1.54) is 6.07 Å². The van der Waals surface area contributed by atoms with Crippen LogP contribution in [0.25, 0.3) is 0 Å². The average molecular weight is 358 g/mol. The molecule has 2 nitrogen and oxygen atoms in total. The summed E-state index contributed by atoms with van der Waals surface area (Å²) in [6, 6.07) is 5.43. The minimum atomic E-state index is -0.188. The van der Waals surface area contributed by atoms with E-state index in [1.807, 2.05) is 6.07 Å². The monoisotopic (exact) mass is 357 g/mol. The van der Waals surface area contributed by atoms with Gasteiger partial charge in [-0.05, 0) is 56.5 Å². The smallest absolute Gasteiger partial charge is 0.124 e. The quantitative estimate of drug-likeness (QED) is 0.853. The Morgan fingerprint density at radius 2 is 1.95 bits per heavy atom. The maximum atomic E-state index is 13.6. The van der Waals surface area contributed by atoms with E-state index < -0.39 is 0 Å². The second-order valence-electron chi connectivity index (χ2n) is 6.13. The first-order chi connectivity index (χ1) is 9.92. The van der Waals surface area contributed by atoms with Crippen molar-refractivity contribution in [1.29, 1.82) is 0 Å². The molecule has 1 saturated heterocycles. The number of halogens is 2. The fourth-order valence-corrected chi connectivity index (χ4v) is 4.09. The normalized spacial score (nSPS) is 30.6. The minimum Gasteiger partial charge on any atom is -0.375 e. The first-order valence-electron chi connectivity index (χ1n) is 7.76. The lowest BCUT2D eigenvalue weighted by Gasteiger charge is -2.30. The highest BCUT2D eigenvalue weighted by Gasteiger charge is 2.41. The van der Waals surface area contributed by atoms with Gasteiger partial charge in [0.2, 0.25) is 0 Å². The van der Waals surface area contributed by atoms with Gasteiger partial charge in [0, 0.05) is 16.4 Å². The molecule has 118 valence electrons. The standard InChI is InChI=1S/C17H25BrFNO/c1-5-20-16(17-10(2)11(3)21-12(17)4)8-13-6-14(18)9-15(19)7-13/h6-7,9-12,16-17,20H,5,8H2,1-4H3. The summed E-state index contributed by atoms with van der Waals surface area (Å²) in [7, 11) is 0. The highest BCUT2D eigenvalue weighted by Crippen LogP contribution is 2.35. The van der Waals surface area contributed by atoms with Crippen LogP contribution in [0.4, 0.5) is 4.39 Å². The van der Waals surface area contributed by atoms with Gasteiger partial charge in [0.05, 0.1) is 12.2 Å². The van der Waals surface area contributed by atoms with E-state index in [9.17, 15) is 4.39 Å². The topological polar surface area (TPSA) is 21.3 Å². The zero-order valence-electron chi connectivity index (χ0n) is 13.2. The zero-order valence-corrected chi connectivity index (χ0v) is 14.8. The molecule has 1 N–H and O–H groups in total. The first-order valence-corrected chi connectivity index (χ1v) is 8.55. The molecule has 0 aliphatic carbocycles. The number of hydrogen-bond donors (Lipinski definition) is 1. The fraction of sp³-hybridized carbons (Fsp3) is 0.647. The molecule has 5 atom stereocenters. The average Bonchev–Trinajstić information content (AvgIpc) is 2.61. The van der Waals surface area contributed by atoms with E-state index in [4.69, 9.17) is 4.74 Å². The molecular weight excluding hydrogens is 333 g/mol. The van der Waals surface area contributed by atoms with Crippen molar-refractivity contribution in [3.8, 4) is 0 Å². The van der Waals surface area contributed by atoms with Crippen LogP contribution in [0.15, 0.2) is 22.7 Å². The second-order valence-corrected chi connectivity index (χ2v) is 7.04. The van der Waals surface area contributed by atoms with Gasteiger partial charge in [0.1, 0.15) is 5.82 Å². The Kier molecular flexibility index (Phi) is 5.81. The second kappa shape index (κ2) is 7.21. The lowest BCUT2D eigenvalue weighted by molar-refractivity contribution is 0.0476. The number of hydrogen-bond acceptors (Lipinski definition) is 2. The molecule has 0 aromatic heterocycles. The molecule has 0 spiro atoms. The summed E-state index contributed by atoms with van der Waals surface area (Å²) in [4.78, 5) is 0. The van der Waals surface area contributed by atoms with Crippen LogP contribution in [0.5, 0.6) is 0 Å². The molecule has 21 heavy (non-hydrogen) atoms. The third-order valence-electron chi connectivity index (χ3n) is 4.63. The number of ether oxygens (including phenoxy) is 1. The van der Waals surface area contributed by atoms with Gasteiger partial charge < -0.3 is 10.1 Å². The molecule has 1 fully saturated rings. The SMILES string of the molecule is CCNC(Cc1cc(F)cc(Br)c1)C1C(C)OC(C)C1C. The predicted octanol–water partition coefficient (Wildman–Crippen LogP) is 4.17. The molecule has 2 rings (SSSR count). The van der Waals surface area contributed by atoms with Crippen LogP contribution in [0, 0.1) is 17.7 Å². The summed E-state index contributed by atoms with van der Waals surface area (Å²) < 4.78 is 20.4. The maximum Gasteiger partial charge on any atom is 0.124 e. The molecule has 1 heterocycles. The van der Waals surface area contributed by atoms with Crippen LogP contribution in [0.3, 0.4) is 0 Å². The summed E-state index contributed by atoms with van der Waals surface area (Å²) in [6.07, 6.45) is 1.33. The van der Waals surface area contributed by atoms with Crippen molar-refractivity contribution in [2.24, 2.45) is 11.8 Å². The number of benzene rings is 1. The summed E-state index contributed by atoms with van der Waals surface area (Å²) in [5.74, 6) is 0.759. The largest absolute Gasteiger partial charge is 0.375 e. The third kappa shape index (κ3) is 4.05. The van der Waals surface area contributed by atoms with Crippen molar-refractivity contribution in [1.82, 2.24) is 5.32 Å². The van der Waals surface area contributed by atoms with Crippen molar-refractivity contribution in [3.63, 3.8) is 0 Å². The molecule has 5 unspecified atom stereocenters. The van der Waals surface area contributed by atoms with Gasteiger partial charge in [-0.3, -0.25) is 0 Å². The minimum absolute atomic E-state index is 0.188. The van der Waals surface area contributed by atoms with Gasteiger partial charge in [-0.15, -0.1) is 0 Å². The third-order valence-corrected chi connectivity index (χ3v) is 5.09. The van der Waals surface area contributed by atoms with Crippen LogP contribution in [-0.4, -0.2) is 24.8 Å². The van der Waals surface area contributed by atoms with Crippen LogP contribution in [0.1, 0.15) is 33.3 Å². The van der Waals surface area contributed by atoms with E-state index in [1.54, 1.807) is 6.07 Å². The Bertz CT molecular complexity index is 462. The number of likely N-dealkylation sites (N-methyl/N-ethyl adjacent to an activating group) is 1. The van der Waals surface area contributed by atoms with Crippen molar-refractivity contribution < 1.29 is 9.13 Å². The van der Waals surface area contributed by atoms with E-state index in [-0.39, 0.29) is 18.0 Å². The Morgan fingerprint density at radius 3 is 2.48 bits per heavy atom. The van der Waals surface area contributed by atoms with Crippen molar-refractivity contribution >= 4 is 15.9 Å². The maximum absolute atomic E-state index is 13.6. The lowest BCUT2D eigenvalue weighted by atomic mass is 9.81. The van der Waals surface area contributed by atoms with Gasteiger partial charge in [0.25, 0.3) is 0 Å². The number of rotatable bonds is 5. The number of nitrogens with one attached hydrogen (secondary N) is 1. The molecule has 0 radical (unpaired) electrons. The molecule has 0 amide bonds. The van der Waals surface area contributed by atoms with E-state index in [0.29, 0.717) is 17.9 Å². The van der Waals surface area contributed by atoms with Crippen LogP contribution < -0.4 is 5.32 Å². The highest BCUT2D eigenvalue weighted by atomic mass is 79.9. The molecule has 1 aromatic carbocycles. The molecule has 0 saturated carbocycles. The first kappa shape index (κ1) is 16.9. The molecular formula is C17H25BrFNO. The van der Waals surface area contributed by atoms with Crippen molar-refractivity contribution in [2.45, 2.75) is 52.4 Å². The van der Waals surface area contributed by atoms with Crippen molar-refractivity contribution in [2.75, 3.05) is 6.54 Å². The van der Waals surface area contributed by atoms with Gasteiger partial charge in [-0.1, -0.05) is 29.8 Å². The van der Waals surface area contributed by atoms with Gasteiger partial charge in [-0.25, -0.2) is 4.39 Å². The Hall–Kier alpha value is -0.450. The van der Waals surface area contributed by atoms with Crippen molar-refractivity contribution in [3.05, 3.63) is 34.1 Å². The Labute approximate surface area is 135 Å². The summed E-state index contributed by atoms with van der Waals surface area (Å²) in [6.45, 7) is 9.57. The van der Waals surface area contributed by atoms with E-state index in [0.717, 1.165) is 23.0 Å². The zero-order chi connectivity index (χ0) is 15.6. The highest BCUT2D eigenvalue weighted by molar-refractivity contribution is 9.10. The van der Waals surface area contributed by atoms with Crippen LogP contribution in [-0.2, 0) is 11.2 Å². The molecule has 4 heteroatoms. The van der Waals surface area contributed by atoms with E-state index in [2.05, 4.69) is 48.9 Å². The summed E-state index contributed by atoms with van der Waals surface area (Å²) >= 11 is 3.37. The molecule has 1 aliphatic rings. The molecule has 1 aromatic rings. The van der Waals surface area contributed by atoms with Gasteiger partial charge in [0.15, 0.2) is 0 Å². The van der Waals surface area contributed by atoms with Gasteiger partial charge in [-0.2, -0.15) is 0 Å². The lowest BCUT2D eigenvalue weighted by Crippen LogP contribution is -2.43. The Balaban J connectivity index is 2.19. The fourth-order valence-electron chi connectivity index (χ4n) is 3.58. The van der Waals surface area contributed by atoms with Gasteiger partial charge >= 0.3 is 0 Å².